The van der Waals surface area contributed by atoms with Gasteiger partial charge in [0.25, 0.3) is 0 Å². The fraction of sp³-hybridized carbons (Fsp3) is 0.619. The van der Waals surface area contributed by atoms with Crippen molar-refractivity contribution in [2.45, 2.75) is 71.4 Å². The van der Waals surface area contributed by atoms with E-state index in [1.54, 1.807) is 20.8 Å². The van der Waals surface area contributed by atoms with Crippen LogP contribution in [0.3, 0.4) is 0 Å². The summed E-state index contributed by atoms with van der Waals surface area (Å²) >= 11 is 0. The lowest BCUT2D eigenvalue weighted by molar-refractivity contribution is -0.142. The Morgan fingerprint density at radius 1 is 1.12 bits per heavy atom. The average molecular weight is 361 g/mol. The molecule has 0 unspecified atom stereocenters. The molecule has 0 spiro atoms. The number of rotatable bonds is 3. The van der Waals surface area contributed by atoms with E-state index in [-0.39, 0.29) is 11.3 Å². The van der Waals surface area contributed by atoms with Gasteiger partial charge in [-0.25, -0.2) is 9.59 Å². The van der Waals surface area contributed by atoms with Gasteiger partial charge in [-0.1, -0.05) is 45.0 Å². The highest BCUT2D eigenvalue weighted by molar-refractivity contribution is 5.81. The molecule has 2 atom stereocenters. The van der Waals surface area contributed by atoms with E-state index in [1.807, 2.05) is 0 Å². The number of carboxylic acid groups (broad SMARTS) is 1. The summed E-state index contributed by atoms with van der Waals surface area (Å²) in [5.41, 5.74) is 1.90. The van der Waals surface area contributed by atoms with Crippen molar-refractivity contribution in [1.29, 1.82) is 0 Å². The molecule has 1 amide bonds. The molecule has 0 saturated carbocycles. The number of amides is 1. The number of hydrogen-bond donors (Lipinski definition) is 1. The van der Waals surface area contributed by atoms with Gasteiger partial charge in [-0.2, -0.15) is 0 Å². The standard InChI is InChI=1S/C21H31NO4/c1-20(2,3)16-9-7-14(8-10-16)11-15-12-17(18(23)24)22(13-15)19(25)26-21(4,5)6/h7-10,15,17H,11-13H2,1-6H3,(H,23,24)/t15-,17+/m1/s1. The van der Waals surface area contributed by atoms with Gasteiger partial charge in [0, 0.05) is 6.54 Å². The van der Waals surface area contributed by atoms with Crippen LogP contribution >= 0.6 is 0 Å². The normalized spacial score (nSPS) is 20.9. The van der Waals surface area contributed by atoms with Crippen molar-refractivity contribution in [2.75, 3.05) is 6.54 Å². The molecule has 2 rings (SSSR count). The second-order valence-corrected chi connectivity index (χ2v) is 9.24. The summed E-state index contributed by atoms with van der Waals surface area (Å²) in [6.07, 6.45) is 0.666. The second-order valence-electron chi connectivity index (χ2n) is 9.24. The van der Waals surface area contributed by atoms with E-state index in [9.17, 15) is 14.7 Å². The molecule has 144 valence electrons. The Hall–Kier alpha value is -2.04. The maximum Gasteiger partial charge on any atom is 0.411 e. The summed E-state index contributed by atoms with van der Waals surface area (Å²) in [5.74, 6) is -0.856. The van der Waals surface area contributed by atoms with Gasteiger partial charge >= 0.3 is 12.1 Å². The van der Waals surface area contributed by atoms with Crippen molar-refractivity contribution in [1.82, 2.24) is 4.90 Å². The quantitative estimate of drug-likeness (QED) is 0.874. The first-order valence-corrected chi connectivity index (χ1v) is 9.18. The Bertz CT molecular complexity index is 652. The first-order valence-electron chi connectivity index (χ1n) is 9.18. The van der Waals surface area contributed by atoms with Gasteiger partial charge in [0.2, 0.25) is 0 Å². The number of aliphatic carboxylic acids is 1. The summed E-state index contributed by atoms with van der Waals surface area (Å²) in [6.45, 7) is 12.3. The van der Waals surface area contributed by atoms with Crippen LogP contribution in [0.1, 0.15) is 59.1 Å². The van der Waals surface area contributed by atoms with Crippen molar-refractivity contribution < 1.29 is 19.4 Å². The first-order chi connectivity index (χ1) is 11.9. The van der Waals surface area contributed by atoms with Crippen LogP contribution in [0.4, 0.5) is 4.79 Å². The van der Waals surface area contributed by atoms with Gasteiger partial charge in [0.15, 0.2) is 0 Å². The minimum absolute atomic E-state index is 0.105. The van der Waals surface area contributed by atoms with Crippen LogP contribution in [0.25, 0.3) is 0 Å². The van der Waals surface area contributed by atoms with Crippen molar-refractivity contribution in [3.05, 3.63) is 35.4 Å². The van der Waals surface area contributed by atoms with Gasteiger partial charge in [-0.15, -0.1) is 0 Å². The van der Waals surface area contributed by atoms with Crippen molar-refractivity contribution in [3.8, 4) is 0 Å². The molecule has 26 heavy (non-hydrogen) atoms. The Balaban J connectivity index is 2.07. The Morgan fingerprint density at radius 3 is 2.15 bits per heavy atom. The molecule has 5 nitrogen and oxygen atoms in total. The molecule has 1 N–H and O–H groups in total. The summed E-state index contributed by atoms with van der Waals surface area (Å²) in [7, 11) is 0. The third-order valence-electron chi connectivity index (χ3n) is 4.65. The molecule has 1 fully saturated rings. The molecule has 5 heteroatoms. The highest BCUT2D eigenvalue weighted by atomic mass is 16.6. The van der Waals surface area contributed by atoms with Crippen LogP contribution in [-0.2, 0) is 21.4 Å². The third kappa shape index (κ3) is 5.23. The largest absolute Gasteiger partial charge is 0.480 e. The van der Waals surface area contributed by atoms with Gasteiger partial charge < -0.3 is 9.84 Å². The van der Waals surface area contributed by atoms with Crippen molar-refractivity contribution in [2.24, 2.45) is 5.92 Å². The number of hydrogen-bond acceptors (Lipinski definition) is 3. The fourth-order valence-corrected chi connectivity index (χ4v) is 3.30. The zero-order chi connectivity index (χ0) is 19.7. The molecule has 1 saturated heterocycles. The smallest absolute Gasteiger partial charge is 0.411 e. The molecule has 1 heterocycles. The van der Waals surface area contributed by atoms with Crippen molar-refractivity contribution >= 4 is 12.1 Å². The van der Waals surface area contributed by atoms with E-state index in [0.29, 0.717) is 13.0 Å². The zero-order valence-corrected chi connectivity index (χ0v) is 16.7. The maximum atomic E-state index is 12.4. The molecule has 1 aliphatic heterocycles. The van der Waals surface area contributed by atoms with E-state index < -0.39 is 23.7 Å². The van der Waals surface area contributed by atoms with Gasteiger partial charge in [-0.05, 0) is 56.1 Å². The lowest BCUT2D eigenvalue weighted by Crippen LogP contribution is -2.43. The average Bonchev–Trinajstić information content (AvgIpc) is 2.89. The minimum atomic E-state index is -0.971. The number of benzene rings is 1. The Morgan fingerprint density at radius 2 is 1.69 bits per heavy atom. The van der Waals surface area contributed by atoms with Crippen LogP contribution in [0, 0.1) is 5.92 Å². The van der Waals surface area contributed by atoms with E-state index in [0.717, 1.165) is 12.0 Å². The second kappa shape index (κ2) is 7.29. The van der Waals surface area contributed by atoms with Crippen LogP contribution in [0.2, 0.25) is 0 Å². The zero-order valence-electron chi connectivity index (χ0n) is 16.7. The van der Waals surface area contributed by atoms with E-state index >= 15 is 0 Å². The number of carbonyl (C=O) groups is 2. The predicted octanol–water partition coefficient (Wildman–Crippen LogP) is 4.24. The van der Waals surface area contributed by atoms with Crippen LogP contribution < -0.4 is 0 Å². The molecule has 0 aromatic heterocycles. The monoisotopic (exact) mass is 361 g/mol. The van der Waals surface area contributed by atoms with E-state index in [1.165, 1.54) is 10.5 Å². The summed E-state index contributed by atoms with van der Waals surface area (Å²) in [4.78, 5) is 25.3. The van der Waals surface area contributed by atoms with Crippen LogP contribution in [0.5, 0.6) is 0 Å². The predicted molar refractivity (Wildman–Crippen MR) is 101 cm³/mol. The van der Waals surface area contributed by atoms with E-state index in [2.05, 4.69) is 45.0 Å². The summed E-state index contributed by atoms with van der Waals surface area (Å²) in [5, 5.41) is 9.49. The molecule has 0 bridgehead atoms. The van der Waals surface area contributed by atoms with Gasteiger partial charge in [0.1, 0.15) is 11.6 Å². The van der Waals surface area contributed by atoms with Crippen molar-refractivity contribution in [3.63, 3.8) is 0 Å². The van der Waals surface area contributed by atoms with Crippen LogP contribution in [0.15, 0.2) is 24.3 Å². The van der Waals surface area contributed by atoms with Crippen LogP contribution in [-0.4, -0.2) is 40.3 Å². The molecule has 0 aliphatic carbocycles. The first kappa shape index (κ1) is 20.3. The summed E-state index contributed by atoms with van der Waals surface area (Å²) < 4.78 is 5.38. The molecule has 1 aliphatic rings. The molecule has 1 aromatic rings. The lowest BCUT2D eigenvalue weighted by Gasteiger charge is -2.26. The maximum absolute atomic E-state index is 12.4. The fourth-order valence-electron chi connectivity index (χ4n) is 3.30. The molecular weight excluding hydrogens is 330 g/mol. The Labute approximate surface area is 156 Å². The third-order valence-corrected chi connectivity index (χ3v) is 4.65. The number of ether oxygens (including phenoxy) is 1. The minimum Gasteiger partial charge on any atom is -0.480 e. The summed E-state index contributed by atoms with van der Waals surface area (Å²) in [6, 6.07) is 7.65. The van der Waals surface area contributed by atoms with E-state index in [4.69, 9.17) is 4.74 Å². The number of likely N-dealkylation sites (tertiary alicyclic amines) is 1. The SMILES string of the molecule is CC(C)(C)OC(=O)N1C[C@H](Cc2ccc(C(C)(C)C)cc2)C[C@H]1C(=O)O. The van der Waals surface area contributed by atoms with Gasteiger partial charge in [0.05, 0.1) is 0 Å². The Kier molecular flexibility index (Phi) is 5.69. The lowest BCUT2D eigenvalue weighted by atomic mass is 9.86. The molecular formula is C21H31NO4. The number of nitrogens with zero attached hydrogens (tertiary/aromatic N) is 1. The topological polar surface area (TPSA) is 66.8 Å². The molecule has 1 aromatic carbocycles. The van der Waals surface area contributed by atoms with Gasteiger partial charge in [-0.3, -0.25) is 4.90 Å². The highest BCUT2D eigenvalue weighted by Gasteiger charge is 2.41. The highest BCUT2D eigenvalue weighted by Crippen LogP contribution is 2.29. The molecule has 0 radical (unpaired) electrons. The number of carbonyl (C=O) groups excluding carboxylic acids is 1. The number of carboxylic acids is 1.